The summed E-state index contributed by atoms with van der Waals surface area (Å²) in [6, 6.07) is 5.45. The fraction of sp³-hybridized carbons (Fsp3) is 0.417. The number of ether oxygens (including phenoxy) is 1. The van der Waals surface area contributed by atoms with Crippen LogP contribution in [0.15, 0.2) is 23.1 Å². The first kappa shape index (κ1) is 12.1. The van der Waals surface area contributed by atoms with Crippen LogP contribution in [0, 0.1) is 5.92 Å². The molecular formula is C12H15NO3S. The third-order valence-corrected chi connectivity index (χ3v) is 4.50. The molecule has 1 aromatic carbocycles. The van der Waals surface area contributed by atoms with Gasteiger partial charge >= 0.3 is 5.97 Å². The maximum atomic E-state index is 10.9. The summed E-state index contributed by atoms with van der Waals surface area (Å²) in [6.45, 7) is 0. The van der Waals surface area contributed by atoms with Crippen LogP contribution in [0.3, 0.4) is 0 Å². The number of aliphatic carboxylic acids is 1. The SMILES string of the molecule is COc1ccc(N)c(SC2CCC2C(=O)O)c1. The highest BCUT2D eigenvalue weighted by Gasteiger charge is 2.37. The van der Waals surface area contributed by atoms with E-state index in [1.54, 1.807) is 19.2 Å². The Morgan fingerprint density at radius 1 is 1.53 bits per heavy atom. The second-order valence-electron chi connectivity index (χ2n) is 4.08. The van der Waals surface area contributed by atoms with Gasteiger partial charge in [0.05, 0.1) is 13.0 Å². The summed E-state index contributed by atoms with van der Waals surface area (Å²) in [5.41, 5.74) is 6.54. The molecule has 5 heteroatoms. The topological polar surface area (TPSA) is 72.5 Å². The molecule has 0 bridgehead atoms. The second kappa shape index (κ2) is 4.87. The van der Waals surface area contributed by atoms with Gasteiger partial charge in [-0.1, -0.05) is 0 Å². The van der Waals surface area contributed by atoms with Crippen LogP contribution < -0.4 is 10.5 Å². The fourth-order valence-electron chi connectivity index (χ4n) is 1.80. The molecule has 1 aliphatic carbocycles. The van der Waals surface area contributed by atoms with Gasteiger partial charge in [-0.2, -0.15) is 0 Å². The molecule has 0 spiro atoms. The van der Waals surface area contributed by atoms with Crippen molar-refractivity contribution in [2.45, 2.75) is 23.0 Å². The minimum Gasteiger partial charge on any atom is -0.497 e. The Kier molecular flexibility index (Phi) is 3.47. The zero-order valence-corrected chi connectivity index (χ0v) is 10.4. The third-order valence-electron chi connectivity index (χ3n) is 3.03. The van der Waals surface area contributed by atoms with E-state index in [2.05, 4.69) is 0 Å². The van der Waals surface area contributed by atoms with Crippen molar-refractivity contribution < 1.29 is 14.6 Å². The van der Waals surface area contributed by atoms with Gasteiger partial charge in [0, 0.05) is 15.8 Å². The Hall–Kier alpha value is -1.36. The molecule has 17 heavy (non-hydrogen) atoms. The van der Waals surface area contributed by atoms with Crippen molar-refractivity contribution in [1.82, 2.24) is 0 Å². The Labute approximate surface area is 104 Å². The van der Waals surface area contributed by atoms with E-state index in [0.717, 1.165) is 23.5 Å². The summed E-state index contributed by atoms with van der Waals surface area (Å²) in [5.74, 6) is -0.214. The normalized spacial score (nSPS) is 22.9. The lowest BCUT2D eigenvalue weighted by Gasteiger charge is -2.32. The van der Waals surface area contributed by atoms with Gasteiger partial charge in [0.15, 0.2) is 0 Å². The van der Waals surface area contributed by atoms with Crippen molar-refractivity contribution in [2.24, 2.45) is 5.92 Å². The number of rotatable bonds is 4. The molecule has 2 unspecified atom stereocenters. The number of carbonyl (C=O) groups is 1. The highest BCUT2D eigenvalue weighted by atomic mass is 32.2. The quantitative estimate of drug-likeness (QED) is 0.805. The van der Waals surface area contributed by atoms with Gasteiger partial charge in [-0.05, 0) is 31.0 Å². The van der Waals surface area contributed by atoms with Gasteiger partial charge in [0.1, 0.15) is 5.75 Å². The van der Waals surface area contributed by atoms with Crippen molar-refractivity contribution in [3.05, 3.63) is 18.2 Å². The van der Waals surface area contributed by atoms with Crippen molar-refractivity contribution in [3.8, 4) is 5.75 Å². The maximum Gasteiger partial charge on any atom is 0.307 e. The van der Waals surface area contributed by atoms with Crippen LogP contribution >= 0.6 is 11.8 Å². The van der Waals surface area contributed by atoms with E-state index in [1.807, 2.05) is 6.07 Å². The number of nitrogens with two attached hydrogens (primary N) is 1. The van der Waals surface area contributed by atoms with Crippen LogP contribution in [0.1, 0.15) is 12.8 Å². The van der Waals surface area contributed by atoms with Crippen LogP contribution in [0.2, 0.25) is 0 Å². The van der Waals surface area contributed by atoms with E-state index in [9.17, 15) is 4.79 Å². The summed E-state index contributed by atoms with van der Waals surface area (Å²) >= 11 is 1.54. The maximum absolute atomic E-state index is 10.9. The van der Waals surface area contributed by atoms with E-state index < -0.39 is 5.97 Å². The molecule has 1 fully saturated rings. The number of anilines is 1. The smallest absolute Gasteiger partial charge is 0.307 e. The van der Waals surface area contributed by atoms with Gasteiger partial charge in [-0.3, -0.25) is 4.79 Å². The van der Waals surface area contributed by atoms with Gasteiger partial charge in [0.25, 0.3) is 0 Å². The summed E-state index contributed by atoms with van der Waals surface area (Å²) in [5, 5.41) is 9.11. The van der Waals surface area contributed by atoms with E-state index in [1.165, 1.54) is 11.8 Å². The number of carboxylic acid groups (broad SMARTS) is 1. The van der Waals surface area contributed by atoms with E-state index in [4.69, 9.17) is 15.6 Å². The van der Waals surface area contributed by atoms with Gasteiger partial charge in [-0.15, -0.1) is 11.8 Å². The number of methoxy groups -OCH3 is 1. The Balaban J connectivity index is 2.10. The summed E-state index contributed by atoms with van der Waals surface area (Å²) < 4.78 is 5.13. The van der Waals surface area contributed by atoms with E-state index in [-0.39, 0.29) is 11.2 Å². The molecule has 3 N–H and O–H groups in total. The Bertz CT molecular complexity index is 436. The average molecular weight is 253 g/mol. The first-order valence-electron chi connectivity index (χ1n) is 5.45. The van der Waals surface area contributed by atoms with Crippen LogP contribution in [0.25, 0.3) is 0 Å². The molecule has 0 radical (unpaired) electrons. The predicted octanol–water partition coefficient (Wildman–Crippen LogP) is 2.23. The zero-order valence-electron chi connectivity index (χ0n) is 9.55. The lowest BCUT2D eigenvalue weighted by atomic mass is 9.85. The number of carboxylic acids is 1. The Morgan fingerprint density at radius 2 is 2.29 bits per heavy atom. The molecule has 0 saturated heterocycles. The van der Waals surface area contributed by atoms with Crippen molar-refractivity contribution in [3.63, 3.8) is 0 Å². The molecule has 4 nitrogen and oxygen atoms in total. The number of thioether (sulfide) groups is 1. The molecule has 1 aliphatic rings. The highest BCUT2D eigenvalue weighted by molar-refractivity contribution is 8.00. The monoisotopic (exact) mass is 253 g/mol. The largest absolute Gasteiger partial charge is 0.497 e. The minimum absolute atomic E-state index is 0.127. The summed E-state index contributed by atoms with van der Waals surface area (Å²) in [6.07, 6.45) is 1.69. The van der Waals surface area contributed by atoms with Crippen LogP contribution in [-0.2, 0) is 4.79 Å². The molecule has 0 amide bonds. The van der Waals surface area contributed by atoms with E-state index in [0.29, 0.717) is 5.69 Å². The molecule has 1 saturated carbocycles. The fourth-order valence-corrected chi connectivity index (χ4v) is 3.18. The average Bonchev–Trinajstić information content (AvgIpc) is 2.25. The lowest BCUT2D eigenvalue weighted by Crippen LogP contribution is -2.35. The zero-order chi connectivity index (χ0) is 12.4. The number of benzene rings is 1. The van der Waals surface area contributed by atoms with Gasteiger partial charge in [-0.25, -0.2) is 0 Å². The highest BCUT2D eigenvalue weighted by Crippen LogP contribution is 2.43. The number of nitrogen functional groups attached to an aromatic ring is 1. The Morgan fingerprint density at radius 3 is 2.82 bits per heavy atom. The molecular weight excluding hydrogens is 238 g/mol. The van der Waals surface area contributed by atoms with Crippen molar-refractivity contribution in [1.29, 1.82) is 0 Å². The minimum atomic E-state index is -0.713. The number of hydrogen-bond acceptors (Lipinski definition) is 4. The second-order valence-corrected chi connectivity index (χ2v) is 5.36. The molecule has 2 rings (SSSR count). The molecule has 2 atom stereocenters. The summed E-state index contributed by atoms with van der Waals surface area (Å²) in [7, 11) is 1.60. The standard InChI is InChI=1S/C12H15NO3S/c1-16-7-2-4-9(13)11(6-7)17-10-5-3-8(10)12(14)15/h2,4,6,8,10H,3,5,13H2,1H3,(H,14,15). The summed E-state index contributed by atoms with van der Waals surface area (Å²) in [4.78, 5) is 11.8. The van der Waals surface area contributed by atoms with E-state index >= 15 is 0 Å². The van der Waals surface area contributed by atoms with Gasteiger partial charge in [0.2, 0.25) is 0 Å². The van der Waals surface area contributed by atoms with Crippen LogP contribution in [0.5, 0.6) is 5.75 Å². The molecule has 92 valence electrons. The van der Waals surface area contributed by atoms with Crippen molar-refractivity contribution >= 4 is 23.4 Å². The van der Waals surface area contributed by atoms with Crippen LogP contribution in [-0.4, -0.2) is 23.4 Å². The molecule has 0 aliphatic heterocycles. The predicted molar refractivity (Wildman–Crippen MR) is 67.4 cm³/mol. The first-order valence-corrected chi connectivity index (χ1v) is 6.32. The van der Waals surface area contributed by atoms with Gasteiger partial charge < -0.3 is 15.6 Å². The molecule has 0 aromatic heterocycles. The third kappa shape index (κ3) is 2.49. The van der Waals surface area contributed by atoms with Crippen LogP contribution in [0.4, 0.5) is 5.69 Å². The first-order chi connectivity index (χ1) is 8.11. The molecule has 0 heterocycles. The van der Waals surface area contributed by atoms with Crippen molar-refractivity contribution in [2.75, 3.05) is 12.8 Å². The molecule has 1 aromatic rings. The number of hydrogen-bond donors (Lipinski definition) is 2. The lowest BCUT2D eigenvalue weighted by molar-refractivity contribution is -0.144.